The largest absolute Gasteiger partial charge is 0.453 e. The lowest BCUT2D eigenvalue weighted by atomic mass is 10.2. The van der Waals surface area contributed by atoms with Gasteiger partial charge < -0.3 is 14.2 Å². The number of amides is 1. The van der Waals surface area contributed by atoms with Crippen molar-refractivity contribution in [3.8, 4) is 0 Å². The van der Waals surface area contributed by atoms with E-state index in [0.29, 0.717) is 25.0 Å². The zero-order valence-electron chi connectivity index (χ0n) is 20.0. The fourth-order valence-corrected chi connectivity index (χ4v) is 6.05. The summed E-state index contributed by atoms with van der Waals surface area (Å²) in [4.78, 5) is 44.2. The molecule has 2 unspecified atom stereocenters. The van der Waals surface area contributed by atoms with Crippen molar-refractivity contribution in [1.29, 1.82) is 0 Å². The Labute approximate surface area is 200 Å². The molecule has 2 atom stereocenters. The Morgan fingerprint density at radius 3 is 2.65 bits per heavy atom. The highest BCUT2D eigenvalue weighted by Gasteiger charge is 2.36. The molecule has 0 bridgehead atoms. The molecule has 0 aliphatic carbocycles. The Morgan fingerprint density at radius 2 is 2.00 bits per heavy atom. The number of hydrogen-bond donors (Lipinski definition) is 0. The highest BCUT2D eigenvalue weighted by molar-refractivity contribution is 7.91. The van der Waals surface area contributed by atoms with Crippen molar-refractivity contribution in [2.24, 2.45) is 0 Å². The van der Waals surface area contributed by atoms with Gasteiger partial charge in [-0.25, -0.2) is 13.4 Å². The maximum absolute atomic E-state index is 13.0. The van der Waals surface area contributed by atoms with Gasteiger partial charge in [0.05, 0.1) is 29.0 Å². The van der Waals surface area contributed by atoms with Gasteiger partial charge in [-0.05, 0) is 38.8 Å². The van der Waals surface area contributed by atoms with Crippen LogP contribution in [-0.2, 0) is 37.1 Å². The van der Waals surface area contributed by atoms with Crippen molar-refractivity contribution in [2.75, 3.05) is 18.1 Å². The van der Waals surface area contributed by atoms with Gasteiger partial charge in [-0.1, -0.05) is 25.5 Å². The number of sulfone groups is 1. The minimum absolute atomic E-state index is 0.0597. The summed E-state index contributed by atoms with van der Waals surface area (Å²) in [6, 6.07) is 7.01. The molecule has 2 aromatic rings. The normalized spacial score (nSPS) is 18.0. The van der Waals surface area contributed by atoms with E-state index in [9.17, 15) is 22.8 Å². The van der Waals surface area contributed by atoms with Gasteiger partial charge in [0.1, 0.15) is 5.69 Å². The van der Waals surface area contributed by atoms with Gasteiger partial charge in [-0.3, -0.25) is 14.4 Å². The molecule has 1 aliphatic heterocycles. The summed E-state index contributed by atoms with van der Waals surface area (Å²) in [5, 5.41) is 0. The molecule has 3 rings (SSSR count). The minimum atomic E-state index is -3.14. The number of rotatable bonds is 10. The zero-order valence-corrected chi connectivity index (χ0v) is 20.8. The predicted molar refractivity (Wildman–Crippen MR) is 129 cm³/mol. The number of carbonyl (C=O) groups is 2. The van der Waals surface area contributed by atoms with E-state index < -0.39 is 33.9 Å². The molecule has 1 aromatic carbocycles. The first-order valence-corrected chi connectivity index (χ1v) is 13.7. The molecular formula is C24H33N3O6S. The number of fused-ring (bicyclic) bond motifs is 1. The highest BCUT2D eigenvalue weighted by Crippen LogP contribution is 2.19. The number of hydrogen-bond acceptors (Lipinski definition) is 7. The summed E-state index contributed by atoms with van der Waals surface area (Å²) < 4.78 is 30.6. The Balaban J connectivity index is 1.66. The van der Waals surface area contributed by atoms with E-state index >= 15 is 0 Å². The number of para-hydroxylation sites is 2. The van der Waals surface area contributed by atoms with E-state index in [-0.39, 0.29) is 35.6 Å². The summed E-state index contributed by atoms with van der Waals surface area (Å²) in [7, 11) is -3.14. The quantitative estimate of drug-likeness (QED) is 0.467. The van der Waals surface area contributed by atoms with Crippen LogP contribution in [0.15, 0.2) is 29.1 Å². The monoisotopic (exact) mass is 491 g/mol. The zero-order chi connectivity index (χ0) is 24.9. The lowest BCUT2D eigenvalue weighted by Gasteiger charge is -2.29. The van der Waals surface area contributed by atoms with Crippen LogP contribution in [0.5, 0.6) is 0 Å². The van der Waals surface area contributed by atoms with Gasteiger partial charge >= 0.3 is 5.97 Å². The maximum atomic E-state index is 13.0. The van der Waals surface area contributed by atoms with Crippen molar-refractivity contribution >= 4 is 32.7 Å². The standard InChI is InChI=1S/C24H33N3O6S/c1-4-6-14-27-21-10-8-7-9-19(21)25-20(24(27)30)11-12-22(28)33-17(3)23(29)26(5-2)18-13-15-34(31,32)16-18/h7-10,17-18H,4-6,11-16H2,1-3H3. The molecule has 34 heavy (non-hydrogen) atoms. The van der Waals surface area contributed by atoms with Crippen LogP contribution in [0.1, 0.15) is 52.1 Å². The van der Waals surface area contributed by atoms with Gasteiger partial charge in [0.25, 0.3) is 11.5 Å². The molecule has 1 fully saturated rings. The molecular weight excluding hydrogens is 458 g/mol. The van der Waals surface area contributed by atoms with Gasteiger partial charge in [-0.2, -0.15) is 0 Å². The Bertz CT molecular complexity index is 1210. The van der Waals surface area contributed by atoms with Crippen molar-refractivity contribution in [1.82, 2.24) is 14.5 Å². The van der Waals surface area contributed by atoms with E-state index in [1.807, 2.05) is 24.3 Å². The third-order valence-electron chi connectivity index (χ3n) is 6.15. The predicted octanol–water partition coefficient (Wildman–Crippen LogP) is 2.10. The third kappa shape index (κ3) is 6.02. The van der Waals surface area contributed by atoms with E-state index in [4.69, 9.17) is 4.74 Å². The van der Waals surface area contributed by atoms with Gasteiger partial charge in [-0.15, -0.1) is 0 Å². The molecule has 1 amide bonds. The number of esters is 1. The molecule has 0 radical (unpaired) electrons. The summed E-state index contributed by atoms with van der Waals surface area (Å²) in [6.45, 7) is 6.22. The summed E-state index contributed by atoms with van der Waals surface area (Å²) >= 11 is 0. The van der Waals surface area contributed by atoms with Gasteiger partial charge in [0.15, 0.2) is 15.9 Å². The first kappa shape index (κ1) is 25.9. The van der Waals surface area contributed by atoms with Crippen molar-refractivity contribution in [3.05, 3.63) is 40.3 Å². The molecule has 0 N–H and O–H groups in total. The maximum Gasteiger partial charge on any atom is 0.306 e. The molecule has 186 valence electrons. The number of ether oxygens (including phenoxy) is 1. The van der Waals surface area contributed by atoms with E-state index in [1.54, 1.807) is 11.5 Å². The molecule has 10 heteroatoms. The number of likely N-dealkylation sites (N-methyl/N-ethyl adjacent to an activating group) is 1. The van der Waals surface area contributed by atoms with Gasteiger partial charge in [0, 0.05) is 25.6 Å². The topological polar surface area (TPSA) is 116 Å². The fraction of sp³-hybridized carbons (Fsp3) is 0.583. The SMILES string of the molecule is CCCCn1c(=O)c(CCC(=O)OC(C)C(=O)N(CC)C2CCS(=O)(=O)C2)nc2ccccc21. The Morgan fingerprint density at radius 1 is 1.26 bits per heavy atom. The Kier molecular flexibility index (Phi) is 8.46. The fourth-order valence-electron chi connectivity index (χ4n) is 4.32. The second kappa shape index (κ2) is 11.1. The first-order valence-electron chi connectivity index (χ1n) is 11.9. The lowest BCUT2D eigenvalue weighted by Crippen LogP contribution is -2.46. The van der Waals surface area contributed by atoms with Crippen LogP contribution in [0.2, 0.25) is 0 Å². The molecule has 1 aliphatic rings. The molecule has 0 spiro atoms. The van der Waals surface area contributed by atoms with Crippen LogP contribution < -0.4 is 5.56 Å². The number of aromatic nitrogens is 2. The van der Waals surface area contributed by atoms with E-state index in [0.717, 1.165) is 18.4 Å². The van der Waals surface area contributed by atoms with Gasteiger partial charge in [0.2, 0.25) is 0 Å². The number of aryl methyl sites for hydroxylation is 2. The number of nitrogens with zero attached hydrogens (tertiary/aromatic N) is 3. The number of carbonyl (C=O) groups excluding carboxylic acids is 2. The van der Waals surface area contributed by atoms with Crippen LogP contribution in [0.3, 0.4) is 0 Å². The van der Waals surface area contributed by atoms with Crippen LogP contribution >= 0.6 is 0 Å². The van der Waals surface area contributed by atoms with Crippen LogP contribution in [-0.4, -0.2) is 64.9 Å². The van der Waals surface area contributed by atoms with Crippen molar-refractivity contribution in [2.45, 2.75) is 71.6 Å². The lowest BCUT2D eigenvalue weighted by molar-refractivity contribution is -0.159. The summed E-state index contributed by atoms with van der Waals surface area (Å²) in [6.07, 6.45) is 1.16. The second-order valence-corrected chi connectivity index (χ2v) is 10.9. The summed E-state index contributed by atoms with van der Waals surface area (Å²) in [5.74, 6) is -1.02. The Hall–Kier alpha value is -2.75. The van der Waals surface area contributed by atoms with Crippen molar-refractivity contribution in [3.63, 3.8) is 0 Å². The van der Waals surface area contributed by atoms with Crippen LogP contribution in [0.25, 0.3) is 11.0 Å². The molecule has 1 saturated heterocycles. The molecule has 9 nitrogen and oxygen atoms in total. The molecule has 1 aromatic heterocycles. The molecule has 0 saturated carbocycles. The van der Waals surface area contributed by atoms with Crippen molar-refractivity contribution < 1.29 is 22.7 Å². The van der Waals surface area contributed by atoms with E-state index in [2.05, 4.69) is 11.9 Å². The smallest absolute Gasteiger partial charge is 0.306 e. The molecule has 2 heterocycles. The number of benzene rings is 1. The number of unbranched alkanes of at least 4 members (excludes halogenated alkanes) is 1. The van der Waals surface area contributed by atoms with Crippen LogP contribution in [0, 0.1) is 0 Å². The van der Waals surface area contributed by atoms with E-state index in [1.165, 1.54) is 11.8 Å². The highest BCUT2D eigenvalue weighted by atomic mass is 32.2. The van der Waals surface area contributed by atoms with Crippen LogP contribution in [0.4, 0.5) is 0 Å². The summed E-state index contributed by atoms with van der Waals surface area (Å²) in [5.41, 5.74) is 1.52. The first-order chi connectivity index (χ1) is 16.2. The minimum Gasteiger partial charge on any atom is -0.453 e. The average Bonchev–Trinajstić information content (AvgIpc) is 3.16. The third-order valence-corrected chi connectivity index (χ3v) is 7.90. The second-order valence-electron chi connectivity index (χ2n) is 8.67. The average molecular weight is 492 g/mol.